The summed E-state index contributed by atoms with van der Waals surface area (Å²) in [5.74, 6) is 0.966. The van der Waals surface area contributed by atoms with Crippen molar-refractivity contribution in [1.82, 2.24) is 9.55 Å². The molecule has 0 saturated carbocycles. The fourth-order valence-electron chi connectivity index (χ4n) is 5.92. The maximum atomic E-state index is 5.32. The molecule has 180 valence electrons. The van der Waals surface area contributed by atoms with Crippen LogP contribution in [0.1, 0.15) is 17.7 Å². The highest BCUT2D eigenvalue weighted by atomic mass is 32.1. The molecule has 0 fully saturated rings. The zero-order valence-electron chi connectivity index (χ0n) is 20.8. The monoisotopic (exact) mass is 504 g/mol. The molecule has 3 heterocycles. The van der Waals surface area contributed by atoms with E-state index in [4.69, 9.17) is 4.98 Å². The highest BCUT2D eigenvalue weighted by Gasteiger charge is 2.23. The lowest BCUT2D eigenvalue weighted by atomic mass is 10.0. The Balaban J connectivity index is 1.50. The zero-order chi connectivity index (χ0) is 25.1. The number of rotatable bonds is 3. The molecule has 2 nitrogen and oxygen atoms in total. The Labute approximate surface area is 225 Å². The van der Waals surface area contributed by atoms with Gasteiger partial charge >= 0.3 is 0 Å². The van der Waals surface area contributed by atoms with Gasteiger partial charge in [-0.1, -0.05) is 97.1 Å². The van der Waals surface area contributed by atoms with E-state index in [2.05, 4.69) is 126 Å². The first kappa shape index (κ1) is 21.6. The van der Waals surface area contributed by atoms with Crippen molar-refractivity contribution >= 4 is 48.5 Å². The van der Waals surface area contributed by atoms with Crippen LogP contribution in [0.5, 0.6) is 0 Å². The van der Waals surface area contributed by atoms with Gasteiger partial charge in [0.05, 0.1) is 21.6 Å². The van der Waals surface area contributed by atoms with Crippen molar-refractivity contribution in [3.63, 3.8) is 0 Å². The quantitative estimate of drug-likeness (QED) is 0.234. The predicted octanol–water partition coefficient (Wildman–Crippen LogP) is 9.69. The van der Waals surface area contributed by atoms with Crippen LogP contribution in [0.2, 0.25) is 0 Å². The molecule has 0 saturated heterocycles. The third kappa shape index (κ3) is 3.29. The van der Waals surface area contributed by atoms with E-state index < -0.39 is 0 Å². The minimum atomic E-state index is 0.966. The molecule has 3 aromatic heterocycles. The molecule has 0 radical (unpaired) electrons. The van der Waals surface area contributed by atoms with Crippen LogP contribution in [0.3, 0.4) is 0 Å². The molecule has 38 heavy (non-hydrogen) atoms. The smallest absolute Gasteiger partial charge is 0.138 e. The van der Waals surface area contributed by atoms with Gasteiger partial charge in [-0.15, -0.1) is 11.3 Å². The summed E-state index contributed by atoms with van der Waals surface area (Å²) in [5, 5.41) is 3.99. The number of aryl methyl sites for hydroxylation is 1. The first-order chi connectivity index (χ1) is 18.8. The Morgan fingerprint density at radius 2 is 1.39 bits per heavy atom. The van der Waals surface area contributed by atoms with Crippen molar-refractivity contribution in [2.24, 2.45) is 0 Å². The molecular weight excluding hydrogens is 480 g/mol. The minimum absolute atomic E-state index is 0.966. The third-order valence-electron chi connectivity index (χ3n) is 7.67. The normalized spacial score (nSPS) is 12.9. The van der Waals surface area contributed by atoms with Crippen LogP contribution in [0.4, 0.5) is 0 Å². The van der Waals surface area contributed by atoms with Gasteiger partial charge in [-0.25, -0.2) is 4.98 Å². The van der Waals surface area contributed by atoms with Crippen molar-refractivity contribution in [2.75, 3.05) is 0 Å². The van der Waals surface area contributed by atoms with Crippen LogP contribution < -0.4 is 0 Å². The van der Waals surface area contributed by atoms with Crippen molar-refractivity contribution in [2.45, 2.75) is 12.8 Å². The van der Waals surface area contributed by atoms with Crippen LogP contribution in [-0.4, -0.2) is 9.55 Å². The fourth-order valence-corrected chi connectivity index (χ4v) is 7.16. The molecule has 0 N–H and O–H groups in total. The Morgan fingerprint density at radius 3 is 2.24 bits per heavy atom. The van der Waals surface area contributed by atoms with Gasteiger partial charge in [-0.2, -0.15) is 0 Å². The molecule has 0 atom stereocenters. The van der Waals surface area contributed by atoms with Crippen molar-refractivity contribution < 1.29 is 0 Å². The van der Waals surface area contributed by atoms with Gasteiger partial charge in [-0.3, -0.25) is 4.57 Å². The summed E-state index contributed by atoms with van der Waals surface area (Å²) in [7, 11) is 0. The van der Waals surface area contributed by atoms with E-state index in [1.165, 1.54) is 53.5 Å². The van der Waals surface area contributed by atoms with Crippen molar-refractivity contribution in [1.29, 1.82) is 0 Å². The second-order valence-corrected chi connectivity index (χ2v) is 11.0. The summed E-state index contributed by atoms with van der Waals surface area (Å²) in [6.45, 7) is 0. The summed E-state index contributed by atoms with van der Waals surface area (Å²) < 4.78 is 5.09. The van der Waals surface area contributed by atoms with Crippen LogP contribution in [0, 0.1) is 0 Å². The first-order valence-corrected chi connectivity index (χ1v) is 13.9. The van der Waals surface area contributed by atoms with E-state index in [1.807, 2.05) is 11.3 Å². The molecule has 4 aromatic carbocycles. The number of thiophene rings is 1. The molecule has 0 aliphatic heterocycles. The Morgan fingerprint density at radius 1 is 0.658 bits per heavy atom. The second-order valence-electron chi connectivity index (χ2n) is 9.91. The van der Waals surface area contributed by atoms with Gasteiger partial charge in [-0.05, 0) is 53.8 Å². The molecule has 0 spiro atoms. The van der Waals surface area contributed by atoms with E-state index in [1.54, 1.807) is 0 Å². The average Bonchev–Trinajstić information content (AvgIpc) is 3.54. The first-order valence-electron chi connectivity index (χ1n) is 13.1. The van der Waals surface area contributed by atoms with Crippen LogP contribution in [0.25, 0.3) is 65.4 Å². The highest BCUT2D eigenvalue weighted by Crippen LogP contribution is 2.43. The molecule has 0 bridgehead atoms. The second kappa shape index (κ2) is 8.54. The number of benzene rings is 4. The van der Waals surface area contributed by atoms with E-state index >= 15 is 0 Å². The number of hydrogen-bond donors (Lipinski definition) is 0. The molecular formula is C35H24N2S. The number of nitrogens with zero attached hydrogens (tertiary/aromatic N) is 2. The minimum Gasteiger partial charge on any atom is -0.293 e. The molecule has 1 aliphatic rings. The molecule has 0 amide bonds. The van der Waals surface area contributed by atoms with E-state index in [9.17, 15) is 0 Å². The maximum Gasteiger partial charge on any atom is 0.138 e. The summed E-state index contributed by atoms with van der Waals surface area (Å²) in [5.41, 5.74) is 8.44. The lowest BCUT2D eigenvalue weighted by Crippen LogP contribution is -2.04. The van der Waals surface area contributed by atoms with Gasteiger partial charge in [0.25, 0.3) is 0 Å². The Bertz CT molecular complexity index is 1950. The number of hydrogen-bond acceptors (Lipinski definition) is 2. The maximum absolute atomic E-state index is 5.32. The van der Waals surface area contributed by atoms with Gasteiger partial charge in [0.2, 0.25) is 0 Å². The Hall–Kier alpha value is -4.47. The molecule has 7 aromatic rings. The summed E-state index contributed by atoms with van der Waals surface area (Å²) in [6, 6.07) is 39.1. The summed E-state index contributed by atoms with van der Waals surface area (Å²) in [6.07, 6.45) is 6.73. The lowest BCUT2D eigenvalue weighted by molar-refractivity contribution is 0.954. The molecule has 8 rings (SSSR count). The van der Waals surface area contributed by atoms with E-state index in [0.717, 1.165) is 29.9 Å². The van der Waals surface area contributed by atoms with Gasteiger partial charge in [0, 0.05) is 26.4 Å². The molecule has 1 aliphatic carbocycles. The van der Waals surface area contributed by atoms with Crippen LogP contribution >= 0.6 is 11.3 Å². The van der Waals surface area contributed by atoms with Gasteiger partial charge in [0.1, 0.15) is 5.82 Å². The highest BCUT2D eigenvalue weighted by molar-refractivity contribution is 7.26. The third-order valence-corrected chi connectivity index (χ3v) is 8.87. The van der Waals surface area contributed by atoms with E-state index in [0.29, 0.717) is 0 Å². The van der Waals surface area contributed by atoms with E-state index in [-0.39, 0.29) is 0 Å². The van der Waals surface area contributed by atoms with Gasteiger partial charge < -0.3 is 0 Å². The summed E-state index contributed by atoms with van der Waals surface area (Å²) in [4.78, 5) is 5.32. The Kier molecular flexibility index (Phi) is 4.86. The predicted molar refractivity (Wildman–Crippen MR) is 162 cm³/mol. The lowest BCUT2D eigenvalue weighted by Gasteiger charge is -2.15. The number of aromatic nitrogens is 2. The molecule has 3 heteroatoms. The largest absolute Gasteiger partial charge is 0.293 e. The topological polar surface area (TPSA) is 17.8 Å². The van der Waals surface area contributed by atoms with Gasteiger partial charge in [0.15, 0.2) is 0 Å². The van der Waals surface area contributed by atoms with Crippen molar-refractivity contribution in [3.05, 3.63) is 127 Å². The fraction of sp³-hybridized carbons (Fsp3) is 0.0571. The number of pyridine rings is 1. The van der Waals surface area contributed by atoms with Crippen LogP contribution in [0.15, 0.2) is 115 Å². The standard InChI is InChI=1S/C35H24N2S/c1-3-11-23(12-4-1)25-21-30(24-13-5-2-6-14-24)36-33(22-25)37-31-17-9-7-15-26(31)28-19-20-29-27-16-8-10-18-32(27)38-35(29)34(28)37/h1-6,8-14,16-22H,7,15H2. The summed E-state index contributed by atoms with van der Waals surface area (Å²) >= 11 is 1.89. The SMILES string of the molecule is C1=Cc2c(c3ccc4c5ccccc5sc4c3n2-c2cc(-c3ccccc3)cc(-c3ccccc3)n2)CC1. The molecule has 0 unspecified atom stereocenters. The zero-order valence-corrected chi connectivity index (χ0v) is 21.6. The number of fused-ring (bicyclic) bond motifs is 7. The average molecular weight is 505 g/mol. The van der Waals surface area contributed by atoms with Crippen LogP contribution in [-0.2, 0) is 6.42 Å². The number of allylic oxidation sites excluding steroid dienone is 1. The van der Waals surface area contributed by atoms with Crippen molar-refractivity contribution in [3.8, 4) is 28.2 Å².